The lowest BCUT2D eigenvalue weighted by Crippen LogP contribution is -2.61. The van der Waals surface area contributed by atoms with E-state index in [4.69, 9.17) is 43.1 Å². The molecule has 8 bridgehead atoms. The molecule has 1 fully saturated rings. The van der Waals surface area contributed by atoms with Crippen molar-refractivity contribution in [3.63, 3.8) is 0 Å². The fraction of sp³-hybridized carbons (Fsp3) is 0.586. The number of H-pyrrole nitrogens is 2. The second-order valence-corrected chi connectivity index (χ2v) is 21.5. The smallest absolute Gasteiger partial charge is 0.303 e. The van der Waals surface area contributed by atoms with Gasteiger partial charge in [-0.1, -0.05) is 27.2 Å². The van der Waals surface area contributed by atoms with E-state index in [1.54, 1.807) is 0 Å². The molecule has 1 saturated heterocycles. The van der Waals surface area contributed by atoms with Gasteiger partial charge in [0.15, 0.2) is 18.3 Å². The highest BCUT2D eigenvalue weighted by Crippen LogP contribution is 2.43. The molecule has 9 atom stereocenters. The number of aryl methyl sites for hydroxylation is 3. The van der Waals surface area contributed by atoms with Gasteiger partial charge in [0.2, 0.25) is 0 Å². The first-order chi connectivity index (χ1) is 36.1. The Bertz CT molecular complexity index is 2830. The maximum absolute atomic E-state index is 14.0. The van der Waals surface area contributed by atoms with E-state index in [0.29, 0.717) is 51.1 Å². The molecule has 0 spiro atoms. The van der Waals surface area contributed by atoms with Crippen LogP contribution >= 0.6 is 11.8 Å². The number of hydrogen-bond acceptors (Lipinski definition) is 16. The van der Waals surface area contributed by atoms with Crippen molar-refractivity contribution in [1.29, 1.82) is 0 Å². The van der Waals surface area contributed by atoms with Crippen molar-refractivity contribution >= 4 is 80.6 Å². The summed E-state index contributed by atoms with van der Waals surface area (Å²) in [7, 11) is 0. The number of hydrogen-bond donors (Lipinski definition) is 2. The zero-order valence-corrected chi connectivity index (χ0v) is 47.4. The average Bonchev–Trinajstić information content (AvgIpc) is 4.06. The Kier molecular flexibility index (Phi) is 21.1. The summed E-state index contributed by atoms with van der Waals surface area (Å²) in [6, 6.07) is 8.55. The van der Waals surface area contributed by atoms with E-state index in [0.717, 1.165) is 97.5 Å². The van der Waals surface area contributed by atoms with Crippen LogP contribution in [0.25, 0.3) is 33.2 Å². The van der Waals surface area contributed by atoms with E-state index in [1.807, 2.05) is 6.92 Å². The lowest BCUT2D eigenvalue weighted by Gasteiger charge is -2.44. The van der Waals surface area contributed by atoms with Crippen LogP contribution in [0.2, 0.25) is 0 Å². The van der Waals surface area contributed by atoms with Gasteiger partial charge in [-0.25, -0.2) is 4.98 Å². The summed E-state index contributed by atoms with van der Waals surface area (Å²) >= 11 is 1.31. The third kappa shape index (κ3) is 14.8. The Hall–Kier alpha value is -5.85. The molecule has 3 aliphatic rings. The van der Waals surface area contributed by atoms with Gasteiger partial charge < -0.3 is 43.1 Å². The van der Waals surface area contributed by atoms with Crippen molar-refractivity contribution in [1.82, 2.24) is 19.9 Å². The van der Waals surface area contributed by atoms with Crippen molar-refractivity contribution in [2.24, 2.45) is 5.92 Å². The molecule has 3 aliphatic heterocycles. The van der Waals surface area contributed by atoms with E-state index < -0.39 is 59.8 Å². The SMILES string of the molecule is CCCC(CCCOC(C)=O)C(=O)CC[C@@H]1c2nc(cc3[nH]c(cc4nc(cc5[nH]c(cc5C)c2C)C(CC)=C4C)c(C(C)OCCCS[C@@H]2O[C@H](COC(C)=O)[C@@H](OC(C)=O)[C@H](OC(C)=O)[C@H]2OC(C)=O)c3C)[C@H]1C. The highest BCUT2D eigenvalue weighted by atomic mass is 32.2. The van der Waals surface area contributed by atoms with Crippen molar-refractivity contribution in [3.8, 4) is 0 Å². The Morgan fingerprint density at radius 1 is 0.711 bits per heavy atom. The normalized spacial score (nSPS) is 21.1. The summed E-state index contributed by atoms with van der Waals surface area (Å²) in [4.78, 5) is 92.4. The minimum atomic E-state index is -1.24. The van der Waals surface area contributed by atoms with Gasteiger partial charge in [-0.15, -0.1) is 11.8 Å². The minimum Gasteiger partial charge on any atom is -0.466 e. The fourth-order valence-corrected chi connectivity index (χ4v) is 11.9. The zero-order valence-electron chi connectivity index (χ0n) is 46.6. The molecular weight excluding hydrogens is 993 g/mol. The van der Waals surface area contributed by atoms with Crippen molar-refractivity contribution in [2.45, 2.75) is 189 Å². The number of carbonyl (C=O) groups is 6. The van der Waals surface area contributed by atoms with Crippen LogP contribution in [-0.2, 0) is 61.9 Å². The second-order valence-electron chi connectivity index (χ2n) is 20.3. The molecule has 6 rings (SSSR count). The van der Waals surface area contributed by atoms with Gasteiger partial charge in [-0.2, -0.15) is 0 Å². The van der Waals surface area contributed by atoms with E-state index in [2.05, 4.69) is 82.7 Å². The molecule has 0 aliphatic carbocycles. The van der Waals surface area contributed by atoms with Gasteiger partial charge in [0, 0.05) is 104 Å². The van der Waals surface area contributed by atoms with Gasteiger partial charge in [-0.3, -0.25) is 33.8 Å². The lowest BCUT2D eigenvalue weighted by molar-refractivity contribution is -0.237. The molecule has 0 amide bonds. The third-order valence-electron chi connectivity index (χ3n) is 14.6. The van der Waals surface area contributed by atoms with Crippen molar-refractivity contribution in [2.75, 3.05) is 25.6 Å². The molecule has 0 radical (unpaired) electrons. The van der Waals surface area contributed by atoms with Crippen molar-refractivity contribution < 1.29 is 61.9 Å². The standard InChI is InChI=1S/C58H78N4O13S/c1-14-18-41(19-16-22-70-36(9)63)51(68)21-20-43-32(5)47-27-48-33(6)53(50(61-48)28-46-31(4)42(15-2)49(60-46)26-44-30(3)25-45(59-44)34(7)54(43)62-47)35(8)69-23-17-24-76-58-57(74-40(13)67)56(73-39(12)66)55(72-38(11)65)52(75-58)29-71-37(10)64/h25-28,32,35,41,43,52,55-59,61H,14-24,29H2,1-13H3/t32-,35?,41?,43-,52+,55+,56-,57+,58-/m0/s1. The number of rotatable bonds is 23. The largest absolute Gasteiger partial charge is 0.466 e. The first-order valence-electron chi connectivity index (χ1n) is 26.7. The maximum atomic E-state index is 14.0. The number of carbonyl (C=O) groups excluding carboxylic acids is 6. The predicted molar refractivity (Wildman–Crippen MR) is 291 cm³/mol. The number of nitrogens with zero attached hydrogens (tertiary/aromatic N) is 2. The highest BCUT2D eigenvalue weighted by molar-refractivity contribution is 7.99. The third-order valence-corrected chi connectivity index (χ3v) is 15.8. The Balaban J connectivity index is 1.32. The van der Waals surface area contributed by atoms with Crippen LogP contribution in [0.5, 0.6) is 0 Å². The number of esters is 5. The number of ketones is 1. The summed E-state index contributed by atoms with van der Waals surface area (Å²) in [5.41, 5.74) is 12.8. The Labute approximate surface area is 450 Å². The van der Waals surface area contributed by atoms with Crippen LogP contribution in [0.15, 0.2) is 24.3 Å². The first kappa shape index (κ1) is 59.4. The van der Waals surface area contributed by atoms with Crippen LogP contribution in [0.3, 0.4) is 0 Å². The van der Waals surface area contributed by atoms with Crippen LogP contribution in [0.4, 0.5) is 0 Å². The number of aromatic nitrogens is 4. The molecule has 2 unspecified atom stereocenters. The monoisotopic (exact) mass is 1070 g/mol. The van der Waals surface area contributed by atoms with E-state index in [9.17, 15) is 28.8 Å². The van der Waals surface area contributed by atoms with Crippen LogP contribution < -0.4 is 0 Å². The topological polar surface area (TPSA) is 224 Å². The summed E-state index contributed by atoms with van der Waals surface area (Å²) in [5, 5.41) is 0. The average molecular weight is 1070 g/mol. The number of Topliss-reactive ketones (excluding diaryl/α,β-unsaturated/α-hetero) is 1. The Morgan fingerprint density at radius 3 is 2.01 bits per heavy atom. The zero-order chi connectivity index (χ0) is 55.5. The molecule has 6 heterocycles. The van der Waals surface area contributed by atoms with Crippen molar-refractivity contribution in [3.05, 3.63) is 69.3 Å². The van der Waals surface area contributed by atoms with Gasteiger partial charge >= 0.3 is 29.8 Å². The van der Waals surface area contributed by atoms with E-state index in [-0.39, 0.29) is 36.1 Å². The molecule has 0 aromatic carbocycles. The fourth-order valence-electron chi connectivity index (χ4n) is 10.7. The van der Waals surface area contributed by atoms with Crippen LogP contribution in [-0.4, -0.2) is 111 Å². The summed E-state index contributed by atoms with van der Waals surface area (Å²) in [5.74, 6) is -2.38. The summed E-state index contributed by atoms with van der Waals surface area (Å²) in [6.45, 7) is 23.5. The maximum Gasteiger partial charge on any atom is 0.303 e. The van der Waals surface area contributed by atoms with Gasteiger partial charge in [-0.05, 0) is 131 Å². The van der Waals surface area contributed by atoms with Crippen LogP contribution in [0, 0.1) is 26.7 Å². The van der Waals surface area contributed by atoms with Crippen LogP contribution in [0.1, 0.15) is 184 Å². The minimum absolute atomic E-state index is 0.00974. The molecule has 76 heavy (non-hydrogen) atoms. The molecule has 17 nitrogen and oxygen atoms in total. The van der Waals surface area contributed by atoms with E-state index in [1.165, 1.54) is 46.4 Å². The summed E-state index contributed by atoms with van der Waals surface area (Å²) < 4.78 is 40.2. The number of ether oxygens (including phenoxy) is 7. The van der Waals surface area contributed by atoms with E-state index >= 15 is 0 Å². The second kappa shape index (κ2) is 27.0. The molecule has 3 aromatic heterocycles. The molecule has 0 saturated carbocycles. The lowest BCUT2D eigenvalue weighted by atomic mass is 9.83. The number of aromatic amines is 2. The number of thioether (sulfide) groups is 1. The van der Waals surface area contributed by atoms with Gasteiger partial charge in [0.25, 0.3) is 0 Å². The molecule has 2 N–H and O–H groups in total. The van der Waals surface area contributed by atoms with Gasteiger partial charge in [0.05, 0.1) is 24.1 Å². The highest BCUT2D eigenvalue weighted by Gasteiger charge is 2.52. The number of nitrogens with one attached hydrogen (secondary N) is 2. The van der Waals surface area contributed by atoms with Gasteiger partial charge in [0.1, 0.15) is 23.9 Å². The molecule has 414 valence electrons. The summed E-state index contributed by atoms with van der Waals surface area (Å²) in [6.07, 6.45) is 0.336. The molecule has 3 aromatic rings. The number of allylic oxidation sites excluding steroid dienone is 2. The molecular formula is C58H78N4O13S. The quantitative estimate of drug-likeness (QED) is 0.0512. The first-order valence-corrected chi connectivity index (χ1v) is 27.8. The Morgan fingerprint density at radius 2 is 1.36 bits per heavy atom. The predicted octanol–water partition coefficient (Wildman–Crippen LogP) is 10.9. The number of fused-ring (bicyclic) bond motifs is 8. The molecule has 18 heteroatoms.